The molecule has 0 fully saturated rings. The molecule has 6 nitrogen and oxygen atoms in total. The fraction of sp³-hybridized carbons (Fsp3) is 0.364. The maximum Gasteiger partial charge on any atom is 0.243 e. The van der Waals surface area contributed by atoms with Gasteiger partial charge in [-0.15, -0.1) is 0 Å². The second-order valence-electron chi connectivity index (χ2n) is 3.55. The molecule has 0 amide bonds. The standard InChI is InChI=1S/C11H12N4O2S/c1-2-9(5-6-12)15-18(16,17)11-4-3-7-14-10(11)8-13/h3-4,7,9,15H,2,5H2,1H3. The first-order chi connectivity index (χ1) is 8.55. The topological polar surface area (TPSA) is 107 Å². The van der Waals surface area contributed by atoms with Crippen LogP contribution in [0.4, 0.5) is 0 Å². The molecule has 94 valence electrons. The summed E-state index contributed by atoms with van der Waals surface area (Å²) < 4.78 is 26.5. The molecule has 18 heavy (non-hydrogen) atoms. The van der Waals surface area contributed by atoms with Crippen molar-refractivity contribution >= 4 is 10.0 Å². The molecule has 1 atom stereocenters. The molecule has 0 aliphatic rings. The second-order valence-corrected chi connectivity index (χ2v) is 5.23. The van der Waals surface area contributed by atoms with E-state index < -0.39 is 16.1 Å². The number of rotatable bonds is 5. The van der Waals surface area contributed by atoms with Crippen LogP contribution in [0.1, 0.15) is 25.5 Å². The molecule has 0 aromatic carbocycles. The molecule has 0 saturated carbocycles. The summed E-state index contributed by atoms with van der Waals surface area (Å²) in [7, 11) is -3.82. The monoisotopic (exact) mass is 264 g/mol. The molecule has 0 radical (unpaired) electrons. The van der Waals surface area contributed by atoms with E-state index in [0.29, 0.717) is 6.42 Å². The van der Waals surface area contributed by atoms with Gasteiger partial charge in [0.05, 0.1) is 12.5 Å². The minimum absolute atomic E-state index is 0.0812. The van der Waals surface area contributed by atoms with Crippen LogP contribution >= 0.6 is 0 Å². The molecular weight excluding hydrogens is 252 g/mol. The van der Waals surface area contributed by atoms with Gasteiger partial charge in [0.1, 0.15) is 11.0 Å². The van der Waals surface area contributed by atoms with Crippen molar-refractivity contribution in [1.82, 2.24) is 9.71 Å². The molecule has 1 rings (SSSR count). The Labute approximate surface area is 106 Å². The normalized spacial score (nSPS) is 12.4. The summed E-state index contributed by atoms with van der Waals surface area (Å²) in [4.78, 5) is 3.53. The predicted octanol–water partition coefficient (Wildman–Crippen LogP) is 0.924. The third-order valence-electron chi connectivity index (χ3n) is 2.32. The van der Waals surface area contributed by atoms with E-state index in [9.17, 15) is 8.42 Å². The Morgan fingerprint density at radius 3 is 2.78 bits per heavy atom. The summed E-state index contributed by atoms with van der Waals surface area (Å²) in [6, 6.07) is 5.94. The summed E-state index contributed by atoms with van der Waals surface area (Å²) in [5.74, 6) is 0. The fourth-order valence-corrected chi connectivity index (χ4v) is 2.78. The summed E-state index contributed by atoms with van der Waals surface area (Å²) in [6.45, 7) is 1.78. The quantitative estimate of drug-likeness (QED) is 0.851. The first kappa shape index (κ1) is 14.1. The number of nitrogens with zero attached hydrogens (tertiary/aromatic N) is 3. The molecule has 0 bridgehead atoms. The Hall–Kier alpha value is -1.96. The van der Waals surface area contributed by atoms with Crippen LogP contribution in [0.3, 0.4) is 0 Å². The smallest absolute Gasteiger partial charge is 0.243 e. The van der Waals surface area contributed by atoms with E-state index in [0.717, 1.165) is 0 Å². The van der Waals surface area contributed by atoms with E-state index in [-0.39, 0.29) is 17.0 Å². The van der Waals surface area contributed by atoms with Crippen LogP contribution in [-0.2, 0) is 10.0 Å². The Morgan fingerprint density at radius 2 is 2.22 bits per heavy atom. The minimum Gasteiger partial charge on any atom is -0.244 e. The third-order valence-corrected chi connectivity index (χ3v) is 3.87. The maximum atomic E-state index is 12.0. The highest BCUT2D eigenvalue weighted by Crippen LogP contribution is 2.13. The van der Waals surface area contributed by atoms with E-state index in [1.807, 2.05) is 6.07 Å². The van der Waals surface area contributed by atoms with Gasteiger partial charge in [-0.2, -0.15) is 10.5 Å². The Morgan fingerprint density at radius 1 is 1.50 bits per heavy atom. The highest BCUT2D eigenvalue weighted by molar-refractivity contribution is 7.89. The number of nitriles is 2. The number of pyridine rings is 1. The largest absolute Gasteiger partial charge is 0.244 e. The van der Waals surface area contributed by atoms with Crippen LogP contribution in [-0.4, -0.2) is 19.4 Å². The molecular formula is C11H12N4O2S. The Balaban J connectivity index is 3.08. The zero-order valence-corrected chi connectivity index (χ0v) is 10.6. The number of aromatic nitrogens is 1. The highest BCUT2D eigenvalue weighted by Gasteiger charge is 2.22. The van der Waals surface area contributed by atoms with Gasteiger partial charge in [0, 0.05) is 12.2 Å². The van der Waals surface area contributed by atoms with E-state index in [1.54, 1.807) is 13.0 Å². The van der Waals surface area contributed by atoms with Gasteiger partial charge in [0.2, 0.25) is 10.0 Å². The first-order valence-electron chi connectivity index (χ1n) is 5.29. The maximum absolute atomic E-state index is 12.0. The van der Waals surface area contributed by atoms with Gasteiger partial charge in [-0.05, 0) is 18.6 Å². The first-order valence-corrected chi connectivity index (χ1v) is 6.77. The molecule has 0 spiro atoms. The number of hydrogen-bond donors (Lipinski definition) is 1. The molecule has 1 unspecified atom stereocenters. The van der Waals surface area contributed by atoms with Crippen molar-refractivity contribution in [2.45, 2.75) is 30.7 Å². The van der Waals surface area contributed by atoms with Gasteiger partial charge < -0.3 is 0 Å². The van der Waals surface area contributed by atoms with E-state index in [4.69, 9.17) is 10.5 Å². The number of nitrogens with one attached hydrogen (secondary N) is 1. The summed E-state index contributed by atoms with van der Waals surface area (Å²) in [6.07, 6.45) is 1.93. The average Bonchev–Trinajstić information content (AvgIpc) is 2.38. The van der Waals surface area contributed by atoms with Gasteiger partial charge in [-0.25, -0.2) is 18.1 Å². The van der Waals surface area contributed by atoms with Crippen LogP contribution in [0.25, 0.3) is 0 Å². The lowest BCUT2D eigenvalue weighted by Gasteiger charge is -2.14. The van der Waals surface area contributed by atoms with Gasteiger partial charge >= 0.3 is 0 Å². The van der Waals surface area contributed by atoms with Gasteiger partial charge in [0.25, 0.3) is 0 Å². The minimum atomic E-state index is -3.82. The second kappa shape index (κ2) is 6.10. The van der Waals surface area contributed by atoms with Crippen LogP contribution in [0.5, 0.6) is 0 Å². The lowest BCUT2D eigenvalue weighted by Crippen LogP contribution is -2.34. The van der Waals surface area contributed by atoms with E-state index in [1.165, 1.54) is 18.3 Å². The summed E-state index contributed by atoms with van der Waals surface area (Å²) >= 11 is 0. The highest BCUT2D eigenvalue weighted by atomic mass is 32.2. The van der Waals surface area contributed by atoms with Crippen molar-refractivity contribution in [2.75, 3.05) is 0 Å². The molecule has 1 aromatic rings. The van der Waals surface area contributed by atoms with Crippen LogP contribution in [0.2, 0.25) is 0 Å². The van der Waals surface area contributed by atoms with Crippen LogP contribution < -0.4 is 4.72 Å². The Kier molecular flexibility index (Phi) is 4.78. The molecule has 0 aliphatic heterocycles. The van der Waals surface area contributed by atoms with Crippen LogP contribution in [0, 0.1) is 22.7 Å². The fourth-order valence-electron chi connectivity index (χ4n) is 1.35. The van der Waals surface area contributed by atoms with Gasteiger partial charge in [-0.3, -0.25) is 0 Å². The van der Waals surface area contributed by atoms with Gasteiger partial charge in [0.15, 0.2) is 5.69 Å². The molecule has 0 aliphatic carbocycles. The van der Waals surface area contributed by atoms with Crippen molar-refractivity contribution in [3.63, 3.8) is 0 Å². The van der Waals surface area contributed by atoms with Crippen molar-refractivity contribution < 1.29 is 8.42 Å². The van der Waals surface area contributed by atoms with Crippen molar-refractivity contribution in [2.24, 2.45) is 0 Å². The van der Waals surface area contributed by atoms with E-state index in [2.05, 4.69) is 9.71 Å². The van der Waals surface area contributed by atoms with Crippen molar-refractivity contribution in [3.8, 4) is 12.1 Å². The van der Waals surface area contributed by atoms with Crippen molar-refractivity contribution in [1.29, 1.82) is 10.5 Å². The lowest BCUT2D eigenvalue weighted by molar-refractivity contribution is 0.542. The lowest BCUT2D eigenvalue weighted by atomic mass is 10.2. The zero-order valence-electron chi connectivity index (χ0n) is 9.79. The average molecular weight is 264 g/mol. The molecule has 0 saturated heterocycles. The number of sulfonamides is 1. The Bertz CT molecular complexity index is 598. The third kappa shape index (κ3) is 3.27. The van der Waals surface area contributed by atoms with E-state index >= 15 is 0 Å². The van der Waals surface area contributed by atoms with Crippen molar-refractivity contribution in [3.05, 3.63) is 24.0 Å². The summed E-state index contributed by atoms with van der Waals surface area (Å²) in [5.41, 5.74) is -0.156. The van der Waals surface area contributed by atoms with Gasteiger partial charge in [-0.1, -0.05) is 6.92 Å². The zero-order chi connectivity index (χ0) is 13.6. The molecule has 7 heteroatoms. The SMILES string of the molecule is CCC(CC#N)NS(=O)(=O)c1cccnc1C#N. The molecule has 1 heterocycles. The molecule has 1 N–H and O–H groups in total. The number of hydrogen-bond acceptors (Lipinski definition) is 5. The predicted molar refractivity (Wildman–Crippen MR) is 63.6 cm³/mol. The molecule has 1 aromatic heterocycles. The van der Waals surface area contributed by atoms with Crippen LogP contribution in [0.15, 0.2) is 23.2 Å². The summed E-state index contributed by atoms with van der Waals surface area (Å²) in [5, 5.41) is 17.4.